The van der Waals surface area contributed by atoms with E-state index >= 15 is 0 Å². The van der Waals surface area contributed by atoms with Crippen molar-refractivity contribution in [2.45, 2.75) is 44.6 Å². The topological polar surface area (TPSA) is 78.5 Å². The molecule has 1 aliphatic rings. The van der Waals surface area contributed by atoms with E-state index in [1.54, 1.807) is 0 Å². The monoisotopic (exact) mass is 200 g/mol. The van der Waals surface area contributed by atoms with E-state index in [4.69, 9.17) is 15.8 Å². The van der Waals surface area contributed by atoms with Crippen molar-refractivity contribution in [2.75, 3.05) is 6.54 Å². The standard InChI is InChI=1S/C9H21BN2O2/c1-7-8(3-2-4-10(13)14)5-9(6-11)12-7/h7-9,12-14H,2-6,11H2,1H3/t7-,8-,9+/m0/s1. The molecule has 82 valence electrons. The first-order valence-corrected chi connectivity index (χ1v) is 5.45. The van der Waals surface area contributed by atoms with Crippen LogP contribution in [0.3, 0.4) is 0 Å². The van der Waals surface area contributed by atoms with Crippen LogP contribution in [0.2, 0.25) is 6.32 Å². The summed E-state index contributed by atoms with van der Waals surface area (Å²) in [5, 5.41) is 20.9. The molecule has 5 N–H and O–H groups in total. The number of hydrogen-bond acceptors (Lipinski definition) is 4. The Balaban J connectivity index is 2.18. The first kappa shape index (κ1) is 12.0. The van der Waals surface area contributed by atoms with Gasteiger partial charge in [-0.2, -0.15) is 0 Å². The lowest BCUT2D eigenvalue weighted by Crippen LogP contribution is -2.33. The smallest absolute Gasteiger partial charge is 0.427 e. The molecule has 0 saturated carbocycles. The summed E-state index contributed by atoms with van der Waals surface area (Å²) in [5.74, 6) is 0.641. The average Bonchev–Trinajstić information content (AvgIpc) is 2.47. The van der Waals surface area contributed by atoms with Crippen LogP contribution >= 0.6 is 0 Å². The van der Waals surface area contributed by atoms with E-state index in [-0.39, 0.29) is 0 Å². The van der Waals surface area contributed by atoms with E-state index in [1.807, 2.05) is 0 Å². The number of nitrogens with one attached hydrogen (secondary N) is 1. The Bertz CT molecular complexity index is 169. The van der Waals surface area contributed by atoms with Crippen molar-refractivity contribution < 1.29 is 10.0 Å². The molecule has 0 aromatic carbocycles. The van der Waals surface area contributed by atoms with Crippen LogP contribution in [0.5, 0.6) is 0 Å². The fourth-order valence-corrected chi connectivity index (χ4v) is 2.24. The van der Waals surface area contributed by atoms with Crippen LogP contribution < -0.4 is 11.1 Å². The predicted molar refractivity (Wildman–Crippen MR) is 57.8 cm³/mol. The molecule has 5 heteroatoms. The molecule has 3 atom stereocenters. The van der Waals surface area contributed by atoms with Crippen LogP contribution in [0, 0.1) is 5.92 Å². The summed E-state index contributed by atoms with van der Waals surface area (Å²) < 4.78 is 0. The molecule has 0 radical (unpaired) electrons. The Kier molecular flexibility index (Phi) is 4.88. The molecule has 0 aromatic rings. The highest BCUT2D eigenvalue weighted by Gasteiger charge is 2.29. The zero-order chi connectivity index (χ0) is 10.6. The van der Waals surface area contributed by atoms with Crippen molar-refractivity contribution in [3.63, 3.8) is 0 Å². The summed E-state index contributed by atoms with van der Waals surface area (Å²) in [6.07, 6.45) is 3.55. The summed E-state index contributed by atoms with van der Waals surface area (Å²) in [6.45, 7) is 2.87. The van der Waals surface area contributed by atoms with Crippen LogP contribution in [0.25, 0.3) is 0 Å². The van der Waals surface area contributed by atoms with E-state index in [0.29, 0.717) is 30.9 Å². The predicted octanol–water partition coefficient (Wildman–Crippen LogP) is -0.435. The number of rotatable bonds is 5. The molecule has 0 bridgehead atoms. The molecule has 0 aromatic heterocycles. The summed E-state index contributed by atoms with van der Waals surface area (Å²) >= 11 is 0. The molecule has 0 amide bonds. The largest absolute Gasteiger partial charge is 0.451 e. The molecule has 0 spiro atoms. The molecule has 1 fully saturated rings. The van der Waals surface area contributed by atoms with E-state index in [9.17, 15) is 0 Å². The molecule has 1 saturated heterocycles. The molecule has 1 heterocycles. The maximum atomic E-state index is 8.71. The van der Waals surface area contributed by atoms with Crippen LogP contribution in [0.15, 0.2) is 0 Å². The first-order valence-electron chi connectivity index (χ1n) is 5.45. The lowest BCUT2D eigenvalue weighted by molar-refractivity contribution is 0.389. The van der Waals surface area contributed by atoms with Crippen LogP contribution in [0.4, 0.5) is 0 Å². The SMILES string of the molecule is C[C@@H]1N[C@@H](CN)C[C@@H]1CCCB(O)O. The van der Waals surface area contributed by atoms with Crippen LogP contribution in [-0.2, 0) is 0 Å². The minimum atomic E-state index is -1.15. The van der Waals surface area contributed by atoms with Gasteiger partial charge >= 0.3 is 7.12 Å². The third kappa shape index (κ3) is 3.57. The van der Waals surface area contributed by atoms with Crippen molar-refractivity contribution in [2.24, 2.45) is 11.7 Å². The van der Waals surface area contributed by atoms with Gasteiger partial charge in [0.15, 0.2) is 0 Å². The summed E-state index contributed by atoms with van der Waals surface area (Å²) in [7, 11) is -1.15. The Hall–Kier alpha value is -0.0951. The Morgan fingerprint density at radius 2 is 2.21 bits per heavy atom. The lowest BCUT2D eigenvalue weighted by atomic mass is 9.81. The summed E-state index contributed by atoms with van der Waals surface area (Å²) in [4.78, 5) is 0. The average molecular weight is 200 g/mol. The zero-order valence-electron chi connectivity index (χ0n) is 8.82. The van der Waals surface area contributed by atoms with Crippen molar-refractivity contribution in [3.05, 3.63) is 0 Å². The molecule has 0 unspecified atom stereocenters. The normalized spacial score (nSPS) is 32.1. The molecule has 1 rings (SSSR count). The Labute approximate surface area is 86.0 Å². The summed E-state index contributed by atoms with van der Waals surface area (Å²) in [5.41, 5.74) is 5.59. The fraction of sp³-hybridized carbons (Fsp3) is 1.00. The molecule has 1 aliphatic heterocycles. The second kappa shape index (κ2) is 5.71. The number of nitrogens with two attached hydrogens (primary N) is 1. The Morgan fingerprint density at radius 1 is 1.50 bits per heavy atom. The zero-order valence-corrected chi connectivity index (χ0v) is 8.82. The van der Waals surface area contributed by atoms with Gasteiger partial charge in [-0.1, -0.05) is 6.42 Å². The van der Waals surface area contributed by atoms with E-state index in [2.05, 4.69) is 12.2 Å². The molecular weight excluding hydrogens is 179 g/mol. The van der Waals surface area contributed by atoms with Gasteiger partial charge in [0, 0.05) is 18.6 Å². The van der Waals surface area contributed by atoms with E-state index in [1.165, 1.54) is 0 Å². The van der Waals surface area contributed by atoms with Crippen LogP contribution in [0.1, 0.15) is 26.2 Å². The highest BCUT2D eigenvalue weighted by Crippen LogP contribution is 2.25. The van der Waals surface area contributed by atoms with Gasteiger partial charge < -0.3 is 21.1 Å². The van der Waals surface area contributed by atoms with Gasteiger partial charge in [-0.3, -0.25) is 0 Å². The van der Waals surface area contributed by atoms with Gasteiger partial charge in [0.2, 0.25) is 0 Å². The first-order chi connectivity index (χ1) is 6.63. The lowest BCUT2D eigenvalue weighted by Gasteiger charge is -2.13. The molecular formula is C9H21BN2O2. The minimum absolute atomic E-state index is 0.453. The quantitative estimate of drug-likeness (QED) is 0.454. The van der Waals surface area contributed by atoms with E-state index < -0.39 is 7.12 Å². The van der Waals surface area contributed by atoms with Gasteiger partial charge in [-0.25, -0.2) is 0 Å². The van der Waals surface area contributed by atoms with Crippen LogP contribution in [-0.4, -0.2) is 35.8 Å². The highest BCUT2D eigenvalue weighted by molar-refractivity contribution is 6.40. The van der Waals surface area contributed by atoms with Gasteiger partial charge in [-0.15, -0.1) is 0 Å². The van der Waals surface area contributed by atoms with Crippen molar-refractivity contribution in [3.8, 4) is 0 Å². The molecule has 4 nitrogen and oxygen atoms in total. The second-order valence-electron chi connectivity index (χ2n) is 4.30. The van der Waals surface area contributed by atoms with E-state index in [0.717, 1.165) is 19.3 Å². The third-order valence-corrected chi connectivity index (χ3v) is 3.11. The van der Waals surface area contributed by atoms with Gasteiger partial charge in [-0.05, 0) is 32.0 Å². The Morgan fingerprint density at radius 3 is 2.71 bits per heavy atom. The third-order valence-electron chi connectivity index (χ3n) is 3.11. The van der Waals surface area contributed by atoms with Crippen molar-refractivity contribution in [1.29, 1.82) is 0 Å². The minimum Gasteiger partial charge on any atom is -0.427 e. The molecule has 0 aliphatic carbocycles. The van der Waals surface area contributed by atoms with Gasteiger partial charge in [0.05, 0.1) is 0 Å². The van der Waals surface area contributed by atoms with Gasteiger partial charge in [0.25, 0.3) is 0 Å². The second-order valence-corrected chi connectivity index (χ2v) is 4.30. The maximum absolute atomic E-state index is 8.71. The maximum Gasteiger partial charge on any atom is 0.451 e. The molecule has 14 heavy (non-hydrogen) atoms. The highest BCUT2D eigenvalue weighted by atomic mass is 16.4. The van der Waals surface area contributed by atoms with Crippen molar-refractivity contribution >= 4 is 7.12 Å². The summed E-state index contributed by atoms with van der Waals surface area (Å²) in [6, 6.07) is 0.966. The van der Waals surface area contributed by atoms with Gasteiger partial charge in [0.1, 0.15) is 0 Å². The van der Waals surface area contributed by atoms with Crippen molar-refractivity contribution in [1.82, 2.24) is 5.32 Å². The number of hydrogen-bond donors (Lipinski definition) is 4. The fourth-order valence-electron chi connectivity index (χ4n) is 2.24.